The molecule has 0 spiro atoms. The Hall–Kier alpha value is -1.81. The molecule has 0 saturated carbocycles. The molecule has 2 N–H and O–H groups in total. The third-order valence-electron chi connectivity index (χ3n) is 4.82. The Morgan fingerprint density at radius 2 is 2.24 bits per heavy atom. The summed E-state index contributed by atoms with van der Waals surface area (Å²) in [4.78, 5) is 10.7. The van der Waals surface area contributed by atoms with Crippen molar-refractivity contribution in [1.29, 1.82) is 0 Å². The summed E-state index contributed by atoms with van der Waals surface area (Å²) < 4.78 is 5.41. The van der Waals surface area contributed by atoms with Crippen LogP contribution in [0.1, 0.15) is 56.6 Å². The molecule has 4 nitrogen and oxygen atoms in total. The molecule has 1 aliphatic rings. The predicted octanol–water partition coefficient (Wildman–Crippen LogP) is 4.14. The Morgan fingerprint density at radius 3 is 3.00 bits per heavy atom. The fourth-order valence-electron chi connectivity index (χ4n) is 3.45. The van der Waals surface area contributed by atoms with Crippen molar-refractivity contribution in [1.82, 2.24) is 0 Å². The zero-order valence-corrected chi connectivity index (χ0v) is 15.1. The van der Waals surface area contributed by atoms with Crippen molar-refractivity contribution in [2.75, 3.05) is 6.61 Å². The van der Waals surface area contributed by atoms with E-state index in [0.29, 0.717) is 11.7 Å². The van der Waals surface area contributed by atoms with E-state index in [1.165, 1.54) is 18.4 Å². The van der Waals surface area contributed by atoms with Crippen LogP contribution >= 0.6 is 0 Å². The van der Waals surface area contributed by atoms with Crippen molar-refractivity contribution in [2.45, 2.75) is 64.4 Å². The molecule has 1 aromatic carbocycles. The topological polar surface area (TPSA) is 66.8 Å². The first kappa shape index (κ1) is 19.5. The van der Waals surface area contributed by atoms with Crippen LogP contribution in [-0.4, -0.2) is 28.9 Å². The molecule has 0 amide bonds. The number of allylic oxidation sites excluding steroid dienone is 1. The highest BCUT2D eigenvalue weighted by Gasteiger charge is 2.21. The largest absolute Gasteiger partial charge is 0.482 e. The Kier molecular flexibility index (Phi) is 7.99. The van der Waals surface area contributed by atoms with E-state index >= 15 is 0 Å². The summed E-state index contributed by atoms with van der Waals surface area (Å²) in [7, 11) is 0. The van der Waals surface area contributed by atoms with Crippen LogP contribution in [0.3, 0.4) is 0 Å². The highest BCUT2D eigenvalue weighted by Crippen LogP contribution is 2.33. The van der Waals surface area contributed by atoms with Crippen molar-refractivity contribution in [2.24, 2.45) is 5.92 Å². The molecular weight excluding hydrogens is 316 g/mol. The summed E-state index contributed by atoms with van der Waals surface area (Å²) in [6.07, 6.45) is 12.0. The third kappa shape index (κ3) is 6.54. The first-order valence-corrected chi connectivity index (χ1v) is 9.40. The Balaban J connectivity index is 1.84. The standard InChI is InChI=1S/C21H30O4/c1-2-3-4-9-18(22)10-5-7-16-12-13-19-17(14-16)8-6-11-20(19)25-15-21(23)24/h5-6,8,10-11,16,18,22H,2-4,7,9,12-15H2,1H3,(H,23,24)/b10-5+. The molecule has 0 aliphatic heterocycles. The van der Waals surface area contributed by atoms with Crippen LogP contribution < -0.4 is 4.74 Å². The van der Waals surface area contributed by atoms with Gasteiger partial charge in [0.05, 0.1) is 6.10 Å². The average Bonchev–Trinajstić information content (AvgIpc) is 2.60. The average molecular weight is 346 g/mol. The van der Waals surface area contributed by atoms with E-state index < -0.39 is 5.97 Å². The van der Waals surface area contributed by atoms with Gasteiger partial charge >= 0.3 is 5.97 Å². The molecule has 2 rings (SSSR count). The fraction of sp³-hybridized carbons (Fsp3) is 0.571. The quantitative estimate of drug-likeness (QED) is 0.493. The minimum absolute atomic E-state index is 0.293. The second-order valence-electron chi connectivity index (χ2n) is 6.91. The van der Waals surface area contributed by atoms with Gasteiger partial charge in [-0.3, -0.25) is 0 Å². The lowest BCUT2D eigenvalue weighted by atomic mass is 9.82. The van der Waals surface area contributed by atoms with Crippen molar-refractivity contribution in [3.05, 3.63) is 41.5 Å². The number of hydrogen-bond acceptors (Lipinski definition) is 3. The van der Waals surface area contributed by atoms with Crippen LogP contribution in [0, 0.1) is 5.92 Å². The van der Waals surface area contributed by atoms with Gasteiger partial charge in [0.25, 0.3) is 0 Å². The lowest BCUT2D eigenvalue weighted by Crippen LogP contribution is -2.16. The molecule has 25 heavy (non-hydrogen) atoms. The second kappa shape index (κ2) is 10.2. The van der Waals surface area contributed by atoms with Crippen LogP contribution in [0.2, 0.25) is 0 Å². The van der Waals surface area contributed by atoms with Crippen LogP contribution in [0.25, 0.3) is 0 Å². The fourth-order valence-corrected chi connectivity index (χ4v) is 3.45. The van der Waals surface area contributed by atoms with Gasteiger partial charge in [-0.05, 0) is 55.2 Å². The van der Waals surface area contributed by atoms with Gasteiger partial charge in [0.2, 0.25) is 0 Å². The molecule has 1 aliphatic carbocycles. The van der Waals surface area contributed by atoms with Crippen molar-refractivity contribution in [3.8, 4) is 5.75 Å². The number of aliphatic carboxylic acids is 1. The number of unbranched alkanes of at least 4 members (excludes halogenated alkanes) is 2. The Bertz CT molecular complexity index is 579. The number of ether oxygens (including phenoxy) is 1. The number of hydrogen-bond donors (Lipinski definition) is 2. The summed E-state index contributed by atoms with van der Waals surface area (Å²) >= 11 is 0. The molecule has 0 fully saturated rings. The maximum absolute atomic E-state index is 10.7. The maximum Gasteiger partial charge on any atom is 0.341 e. The first-order chi connectivity index (χ1) is 12.1. The van der Waals surface area contributed by atoms with E-state index in [-0.39, 0.29) is 12.7 Å². The maximum atomic E-state index is 10.7. The van der Waals surface area contributed by atoms with E-state index in [2.05, 4.69) is 19.1 Å². The number of rotatable bonds is 10. The predicted molar refractivity (Wildman–Crippen MR) is 99.0 cm³/mol. The van der Waals surface area contributed by atoms with Gasteiger partial charge in [0, 0.05) is 0 Å². The molecule has 0 radical (unpaired) electrons. The number of benzene rings is 1. The normalized spacial score (nSPS) is 18.1. The molecule has 2 unspecified atom stereocenters. The third-order valence-corrected chi connectivity index (χ3v) is 4.82. The van der Waals surface area contributed by atoms with Crippen molar-refractivity contribution in [3.63, 3.8) is 0 Å². The molecule has 138 valence electrons. The first-order valence-electron chi connectivity index (χ1n) is 9.40. The molecule has 0 bridgehead atoms. The zero-order chi connectivity index (χ0) is 18.1. The van der Waals surface area contributed by atoms with Crippen LogP contribution in [0.15, 0.2) is 30.4 Å². The van der Waals surface area contributed by atoms with E-state index in [9.17, 15) is 9.90 Å². The van der Waals surface area contributed by atoms with Gasteiger partial charge in [-0.1, -0.05) is 50.5 Å². The molecule has 0 heterocycles. The van der Waals surface area contributed by atoms with E-state index in [4.69, 9.17) is 9.84 Å². The van der Waals surface area contributed by atoms with Gasteiger partial charge in [0.1, 0.15) is 5.75 Å². The molecule has 0 saturated heterocycles. The summed E-state index contributed by atoms with van der Waals surface area (Å²) in [5.74, 6) is 0.329. The Morgan fingerprint density at radius 1 is 1.40 bits per heavy atom. The van der Waals surface area contributed by atoms with Crippen molar-refractivity contribution < 1.29 is 19.7 Å². The van der Waals surface area contributed by atoms with E-state index in [1.54, 1.807) is 0 Å². The number of carboxylic acids is 1. The SMILES string of the molecule is CCCCCC(O)/C=C/CC1CCc2c(cccc2OCC(=O)O)C1. The minimum atomic E-state index is -0.950. The number of aliphatic hydroxyl groups excluding tert-OH is 1. The van der Waals surface area contributed by atoms with E-state index in [0.717, 1.165) is 44.1 Å². The number of carboxylic acid groups (broad SMARTS) is 1. The highest BCUT2D eigenvalue weighted by molar-refractivity contribution is 5.68. The number of carbonyl (C=O) groups is 1. The molecule has 0 aromatic heterocycles. The molecule has 4 heteroatoms. The number of fused-ring (bicyclic) bond motifs is 1. The van der Waals surface area contributed by atoms with Gasteiger partial charge in [0.15, 0.2) is 6.61 Å². The highest BCUT2D eigenvalue weighted by atomic mass is 16.5. The van der Waals surface area contributed by atoms with E-state index in [1.807, 2.05) is 18.2 Å². The summed E-state index contributed by atoms with van der Waals surface area (Å²) in [6, 6.07) is 5.90. The summed E-state index contributed by atoms with van der Waals surface area (Å²) in [5.41, 5.74) is 2.42. The second-order valence-corrected chi connectivity index (χ2v) is 6.91. The minimum Gasteiger partial charge on any atom is -0.482 e. The van der Waals surface area contributed by atoms with Gasteiger partial charge < -0.3 is 14.9 Å². The molecule has 1 aromatic rings. The summed E-state index contributed by atoms with van der Waals surface area (Å²) in [6.45, 7) is 1.87. The van der Waals surface area contributed by atoms with Crippen LogP contribution in [0.5, 0.6) is 5.75 Å². The molecular formula is C21H30O4. The van der Waals surface area contributed by atoms with Gasteiger partial charge in [-0.15, -0.1) is 0 Å². The van der Waals surface area contributed by atoms with Crippen LogP contribution in [0.4, 0.5) is 0 Å². The molecule has 2 atom stereocenters. The van der Waals surface area contributed by atoms with Crippen molar-refractivity contribution >= 4 is 5.97 Å². The smallest absolute Gasteiger partial charge is 0.341 e. The lowest BCUT2D eigenvalue weighted by molar-refractivity contribution is -0.139. The lowest BCUT2D eigenvalue weighted by Gasteiger charge is -2.25. The van der Waals surface area contributed by atoms with Gasteiger partial charge in [-0.25, -0.2) is 4.79 Å². The number of aliphatic hydroxyl groups is 1. The van der Waals surface area contributed by atoms with Gasteiger partial charge in [-0.2, -0.15) is 0 Å². The zero-order valence-electron chi connectivity index (χ0n) is 15.1. The van der Waals surface area contributed by atoms with Crippen LogP contribution in [-0.2, 0) is 17.6 Å². The Labute approximate surface area is 150 Å². The summed E-state index contributed by atoms with van der Waals surface area (Å²) in [5, 5.41) is 18.7. The monoisotopic (exact) mass is 346 g/mol.